The molecule has 3 amide bonds. The van der Waals surface area contributed by atoms with Crippen LogP contribution in [0.4, 0.5) is 4.79 Å². The Morgan fingerprint density at radius 3 is 2.50 bits per heavy atom. The molecule has 1 aromatic heterocycles. The summed E-state index contributed by atoms with van der Waals surface area (Å²) in [6.07, 6.45) is 2.01. The topological polar surface area (TPSA) is 101 Å². The number of urea groups is 1. The molecule has 2 heterocycles. The van der Waals surface area contributed by atoms with Crippen molar-refractivity contribution in [2.75, 3.05) is 0 Å². The van der Waals surface area contributed by atoms with Crippen LogP contribution in [0.3, 0.4) is 0 Å². The molecule has 0 fully saturated rings. The minimum atomic E-state index is -0.991. The van der Waals surface area contributed by atoms with E-state index >= 15 is 0 Å². The van der Waals surface area contributed by atoms with Crippen LogP contribution in [0.2, 0.25) is 0 Å². The SMILES string of the molecule is O=C1N=C(Cc2cccn2-c2ccc(C(=O)O)cc2)C(=O)N1. The quantitative estimate of drug-likeness (QED) is 0.890. The molecule has 2 aromatic rings. The number of aliphatic imine (C=N–C) groups is 1. The highest BCUT2D eigenvalue weighted by Gasteiger charge is 2.23. The summed E-state index contributed by atoms with van der Waals surface area (Å²) in [5, 5.41) is 11.0. The van der Waals surface area contributed by atoms with Crippen molar-refractivity contribution < 1.29 is 19.5 Å². The standard InChI is InChI=1S/C15H11N3O4/c19-13-12(16-15(22)17-13)8-11-2-1-7-18(11)10-5-3-9(4-6-10)14(20)21/h1-7H,8H2,(H,20,21)(H,17,19,22). The van der Waals surface area contributed by atoms with Gasteiger partial charge in [-0.3, -0.25) is 10.1 Å². The molecule has 2 N–H and O–H groups in total. The second-order valence-electron chi connectivity index (χ2n) is 4.72. The molecule has 0 bridgehead atoms. The third-order valence-electron chi connectivity index (χ3n) is 3.29. The van der Waals surface area contributed by atoms with Crippen molar-refractivity contribution in [1.82, 2.24) is 9.88 Å². The van der Waals surface area contributed by atoms with E-state index in [1.54, 1.807) is 24.4 Å². The molecule has 0 aliphatic carbocycles. The number of aromatic carboxylic acids is 1. The fraction of sp³-hybridized carbons (Fsp3) is 0.0667. The summed E-state index contributed by atoms with van der Waals surface area (Å²) in [5.41, 5.74) is 1.89. The summed E-state index contributed by atoms with van der Waals surface area (Å²) >= 11 is 0. The monoisotopic (exact) mass is 297 g/mol. The molecule has 0 spiro atoms. The first-order valence-electron chi connectivity index (χ1n) is 6.47. The Morgan fingerprint density at radius 2 is 1.91 bits per heavy atom. The van der Waals surface area contributed by atoms with Crippen molar-refractivity contribution in [3.05, 3.63) is 53.9 Å². The van der Waals surface area contributed by atoms with Crippen molar-refractivity contribution in [1.29, 1.82) is 0 Å². The van der Waals surface area contributed by atoms with Gasteiger partial charge in [-0.25, -0.2) is 9.59 Å². The molecule has 7 nitrogen and oxygen atoms in total. The van der Waals surface area contributed by atoms with Crippen LogP contribution in [0.25, 0.3) is 5.69 Å². The van der Waals surface area contributed by atoms with Crippen LogP contribution in [0.1, 0.15) is 16.1 Å². The number of carboxylic acid groups (broad SMARTS) is 1. The van der Waals surface area contributed by atoms with E-state index in [0.717, 1.165) is 11.4 Å². The smallest absolute Gasteiger partial charge is 0.348 e. The first kappa shape index (κ1) is 13.7. The molecule has 3 rings (SSSR count). The van der Waals surface area contributed by atoms with E-state index in [2.05, 4.69) is 10.3 Å². The number of rotatable bonds is 4. The van der Waals surface area contributed by atoms with Gasteiger partial charge in [0.1, 0.15) is 5.71 Å². The van der Waals surface area contributed by atoms with Crippen LogP contribution in [-0.2, 0) is 11.2 Å². The van der Waals surface area contributed by atoms with Crippen molar-refractivity contribution in [2.45, 2.75) is 6.42 Å². The van der Waals surface area contributed by atoms with Gasteiger partial charge in [-0.2, -0.15) is 4.99 Å². The van der Waals surface area contributed by atoms with E-state index in [1.807, 2.05) is 10.6 Å². The Kier molecular flexibility index (Phi) is 3.30. The minimum absolute atomic E-state index is 0.159. The van der Waals surface area contributed by atoms with Gasteiger partial charge in [0.25, 0.3) is 5.91 Å². The van der Waals surface area contributed by atoms with Gasteiger partial charge < -0.3 is 9.67 Å². The summed E-state index contributed by atoms with van der Waals surface area (Å²) in [6, 6.07) is 9.32. The number of hydrogen-bond acceptors (Lipinski definition) is 3. The van der Waals surface area contributed by atoms with E-state index in [0.29, 0.717) is 0 Å². The molecule has 1 aliphatic heterocycles. The maximum absolute atomic E-state index is 11.5. The zero-order valence-corrected chi connectivity index (χ0v) is 11.3. The van der Waals surface area contributed by atoms with Gasteiger partial charge in [-0.05, 0) is 36.4 Å². The number of benzene rings is 1. The highest BCUT2D eigenvalue weighted by atomic mass is 16.4. The average molecular weight is 297 g/mol. The molecule has 0 saturated heterocycles. The van der Waals surface area contributed by atoms with Gasteiger partial charge in [0, 0.05) is 24.0 Å². The lowest BCUT2D eigenvalue weighted by atomic mass is 10.2. The Morgan fingerprint density at radius 1 is 1.18 bits per heavy atom. The largest absolute Gasteiger partial charge is 0.478 e. The lowest BCUT2D eigenvalue weighted by Crippen LogP contribution is -2.26. The second kappa shape index (κ2) is 5.28. The van der Waals surface area contributed by atoms with E-state index in [-0.39, 0.29) is 17.7 Å². The summed E-state index contributed by atoms with van der Waals surface area (Å²) in [6.45, 7) is 0. The van der Waals surface area contributed by atoms with E-state index in [4.69, 9.17) is 5.11 Å². The van der Waals surface area contributed by atoms with Crippen LogP contribution in [0.5, 0.6) is 0 Å². The molecular formula is C15H11N3O4. The van der Waals surface area contributed by atoms with E-state index in [9.17, 15) is 14.4 Å². The molecule has 0 unspecified atom stereocenters. The van der Waals surface area contributed by atoms with Crippen LogP contribution in [0.15, 0.2) is 47.6 Å². The van der Waals surface area contributed by atoms with Crippen molar-refractivity contribution >= 4 is 23.6 Å². The van der Waals surface area contributed by atoms with Crippen molar-refractivity contribution in [3.8, 4) is 5.69 Å². The van der Waals surface area contributed by atoms with Crippen LogP contribution < -0.4 is 5.32 Å². The molecule has 22 heavy (non-hydrogen) atoms. The molecule has 110 valence electrons. The predicted molar refractivity (Wildman–Crippen MR) is 77.4 cm³/mol. The zero-order chi connectivity index (χ0) is 15.7. The number of hydrogen-bond donors (Lipinski definition) is 2. The summed E-state index contributed by atoms with van der Waals surface area (Å²) in [7, 11) is 0. The fourth-order valence-electron chi connectivity index (χ4n) is 2.24. The highest BCUT2D eigenvalue weighted by Crippen LogP contribution is 2.15. The third-order valence-corrected chi connectivity index (χ3v) is 3.29. The second-order valence-corrected chi connectivity index (χ2v) is 4.72. The van der Waals surface area contributed by atoms with Gasteiger partial charge >= 0.3 is 12.0 Å². The zero-order valence-electron chi connectivity index (χ0n) is 11.3. The van der Waals surface area contributed by atoms with E-state index < -0.39 is 17.9 Å². The minimum Gasteiger partial charge on any atom is -0.478 e. The maximum Gasteiger partial charge on any atom is 0.348 e. The Hall–Kier alpha value is -3.22. The lowest BCUT2D eigenvalue weighted by Gasteiger charge is -2.09. The van der Waals surface area contributed by atoms with Crippen LogP contribution in [0, 0.1) is 0 Å². The average Bonchev–Trinajstić information content (AvgIpc) is 3.06. The molecule has 7 heteroatoms. The number of carbonyl (C=O) groups is 3. The molecule has 1 aliphatic rings. The maximum atomic E-state index is 11.5. The summed E-state index contributed by atoms with van der Waals surface area (Å²) in [5.74, 6) is -1.48. The summed E-state index contributed by atoms with van der Waals surface area (Å²) in [4.78, 5) is 37.1. The number of carbonyl (C=O) groups excluding carboxylic acids is 2. The normalized spacial score (nSPS) is 13.9. The van der Waals surface area contributed by atoms with Gasteiger partial charge in [0.15, 0.2) is 0 Å². The first-order valence-corrected chi connectivity index (χ1v) is 6.47. The number of aromatic nitrogens is 1. The predicted octanol–water partition coefficient (Wildman–Crippen LogP) is 1.41. The van der Waals surface area contributed by atoms with Crippen LogP contribution in [-0.4, -0.2) is 33.3 Å². The lowest BCUT2D eigenvalue weighted by molar-refractivity contribution is -0.113. The summed E-state index contributed by atoms with van der Waals surface area (Å²) < 4.78 is 1.81. The number of amides is 3. The Labute approximate surface area is 124 Å². The van der Waals surface area contributed by atoms with Crippen molar-refractivity contribution in [2.24, 2.45) is 4.99 Å². The molecule has 0 radical (unpaired) electrons. The molecule has 1 aromatic carbocycles. The highest BCUT2D eigenvalue weighted by molar-refractivity contribution is 6.46. The molecule has 0 saturated carbocycles. The first-order chi connectivity index (χ1) is 10.5. The molecular weight excluding hydrogens is 286 g/mol. The van der Waals surface area contributed by atoms with Gasteiger partial charge in [-0.1, -0.05) is 0 Å². The number of nitrogens with one attached hydrogen (secondary N) is 1. The molecule has 0 atom stereocenters. The number of carboxylic acids is 1. The fourth-order valence-corrected chi connectivity index (χ4v) is 2.24. The third kappa shape index (κ3) is 2.51. The van der Waals surface area contributed by atoms with E-state index in [1.165, 1.54) is 12.1 Å². The van der Waals surface area contributed by atoms with Crippen LogP contribution >= 0.6 is 0 Å². The number of nitrogens with zero attached hydrogens (tertiary/aromatic N) is 2. The van der Waals surface area contributed by atoms with Crippen molar-refractivity contribution in [3.63, 3.8) is 0 Å². The number of imide groups is 1. The Balaban J connectivity index is 1.89. The Bertz CT molecular complexity index is 802. The van der Waals surface area contributed by atoms with Gasteiger partial charge in [0.2, 0.25) is 0 Å². The van der Waals surface area contributed by atoms with Gasteiger partial charge in [-0.15, -0.1) is 0 Å². The van der Waals surface area contributed by atoms with Gasteiger partial charge in [0.05, 0.1) is 5.56 Å².